The number of rotatable bonds is 34. The van der Waals surface area contributed by atoms with Crippen molar-refractivity contribution < 1.29 is 33.5 Å². The van der Waals surface area contributed by atoms with Crippen molar-refractivity contribution in [1.29, 1.82) is 0 Å². The van der Waals surface area contributed by atoms with Crippen LogP contribution in [0.15, 0.2) is 48.6 Å². The fourth-order valence-electron chi connectivity index (χ4n) is 5.01. The first kappa shape index (κ1) is 46.4. The molecule has 1 amide bonds. The number of nitrogens with two attached hydrogens (primary N) is 1. The number of nitrogens with one attached hydrogen (secondary N) is 1. The number of unbranched alkanes of at least 4 members (excludes halogenated alkanes) is 14. The summed E-state index contributed by atoms with van der Waals surface area (Å²) < 4.78 is 21.9. The van der Waals surface area contributed by atoms with Crippen molar-refractivity contribution in [3.05, 3.63) is 48.6 Å². The molecule has 0 spiro atoms. The van der Waals surface area contributed by atoms with Crippen LogP contribution in [0, 0.1) is 0 Å². The highest BCUT2D eigenvalue weighted by atomic mass is 31.2. The lowest BCUT2D eigenvalue weighted by molar-refractivity contribution is -0.124. The van der Waals surface area contributed by atoms with E-state index in [-0.39, 0.29) is 19.6 Å². The molecule has 48 heavy (non-hydrogen) atoms. The summed E-state index contributed by atoms with van der Waals surface area (Å²) in [6.45, 7) is 3.85. The van der Waals surface area contributed by atoms with Crippen LogP contribution in [0.2, 0.25) is 0 Å². The van der Waals surface area contributed by atoms with E-state index in [9.17, 15) is 24.5 Å². The SMILES string of the molecule is CCCC/C=C/CC/C=C/CC/C=C/C(O)C(COP(=O)(O)OCCN)NC(=O)CC(O)CCCCC/C=C\CCCCCCCCC. The van der Waals surface area contributed by atoms with Gasteiger partial charge in [-0.1, -0.05) is 127 Å². The summed E-state index contributed by atoms with van der Waals surface area (Å²) in [6.07, 6.45) is 36.3. The quantitative estimate of drug-likeness (QED) is 0.0254. The number of hydrogen-bond acceptors (Lipinski definition) is 7. The van der Waals surface area contributed by atoms with Crippen molar-refractivity contribution in [3.8, 4) is 0 Å². The first-order valence-electron chi connectivity index (χ1n) is 18.8. The zero-order valence-corrected chi connectivity index (χ0v) is 31.2. The molecule has 0 aliphatic rings. The number of carbonyl (C=O) groups excluding carboxylic acids is 1. The van der Waals surface area contributed by atoms with Gasteiger partial charge in [-0.25, -0.2) is 4.57 Å². The van der Waals surface area contributed by atoms with Gasteiger partial charge in [0.2, 0.25) is 5.91 Å². The van der Waals surface area contributed by atoms with Gasteiger partial charge in [0.25, 0.3) is 0 Å². The lowest BCUT2D eigenvalue weighted by atomic mass is 10.1. The topological polar surface area (TPSA) is 151 Å². The Labute approximate surface area is 293 Å². The molecule has 0 saturated heterocycles. The molecular weight excluding hydrogens is 627 g/mol. The molecule has 0 aromatic heterocycles. The standard InChI is InChI=1S/C38H71N2O7P/c1-3-5-7-9-11-13-15-17-18-19-21-23-25-27-29-35(41)33-38(43)40-36(34-47-48(44,45)46-32-31-39)37(42)30-28-26-24-22-20-16-14-12-10-8-6-4-2/h10,12,18-20,22,28,30,35-37,41-42H,3-9,11,13-17,21,23-27,29,31-34,39H2,1-2H3,(H,40,43)(H,44,45)/b12-10+,19-18-,22-20+,30-28+. The van der Waals surface area contributed by atoms with Crippen LogP contribution in [0.1, 0.15) is 149 Å². The van der Waals surface area contributed by atoms with Crippen LogP contribution in [0.3, 0.4) is 0 Å². The molecule has 10 heteroatoms. The maximum Gasteiger partial charge on any atom is 0.472 e. The van der Waals surface area contributed by atoms with Crippen molar-refractivity contribution in [1.82, 2.24) is 5.32 Å². The van der Waals surface area contributed by atoms with Gasteiger partial charge in [0.1, 0.15) is 0 Å². The molecule has 0 heterocycles. The van der Waals surface area contributed by atoms with Crippen LogP contribution in [0.4, 0.5) is 0 Å². The highest BCUT2D eigenvalue weighted by molar-refractivity contribution is 7.47. The van der Waals surface area contributed by atoms with Crippen molar-refractivity contribution in [2.45, 2.75) is 167 Å². The highest BCUT2D eigenvalue weighted by Gasteiger charge is 2.27. The largest absolute Gasteiger partial charge is 0.472 e. The van der Waals surface area contributed by atoms with Gasteiger partial charge in [0.15, 0.2) is 0 Å². The molecule has 280 valence electrons. The molecule has 0 aliphatic carbocycles. The third kappa shape index (κ3) is 31.7. The third-order valence-corrected chi connectivity index (χ3v) is 8.89. The minimum atomic E-state index is -4.41. The molecule has 9 nitrogen and oxygen atoms in total. The molecule has 0 fully saturated rings. The Balaban J connectivity index is 4.52. The van der Waals surface area contributed by atoms with Crippen LogP contribution in [0.5, 0.6) is 0 Å². The molecule has 0 bridgehead atoms. The number of aliphatic hydroxyl groups is 2. The van der Waals surface area contributed by atoms with Gasteiger partial charge in [-0.05, 0) is 64.2 Å². The van der Waals surface area contributed by atoms with Crippen LogP contribution in [-0.2, 0) is 18.4 Å². The maximum absolute atomic E-state index is 12.7. The molecule has 0 aromatic carbocycles. The smallest absolute Gasteiger partial charge is 0.393 e. The Kier molecular flexibility index (Phi) is 32.8. The van der Waals surface area contributed by atoms with Gasteiger partial charge in [0.05, 0.1) is 37.9 Å². The van der Waals surface area contributed by atoms with Crippen molar-refractivity contribution in [3.63, 3.8) is 0 Å². The van der Waals surface area contributed by atoms with Gasteiger partial charge in [-0.2, -0.15) is 0 Å². The summed E-state index contributed by atoms with van der Waals surface area (Å²) in [5.74, 6) is -0.473. The molecular formula is C38H71N2O7P. The number of allylic oxidation sites excluding steroid dienone is 7. The predicted octanol–water partition coefficient (Wildman–Crippen LogP) is 8.74. The summed E-state index contributed by atoms with van der Waals surface area (Å²) in [5.41, 5.74) is 5.33. The summed E-state index contributed by atoms with van der Waals surface area (Å²) >= 11 is 0. The van der Waals surface area contributed by atoms with Crippen molar-refractivity contribution in [2.75, 3.05) is 19.8 Å². The van der Waals surface area contributed by atoms with Crippen LogP contribution < -0.4 is 11.1 Å². The minimum absolute atomic E-state index is 0.0391. The Bertz CT molecular complexity index is 909. The lowest BCUT2D eigenvalue weighted by Gasteiger charge is -2.24. The van der Waals surface area contributed by atoms with Crippen LogP contribution >= 0.6 is 7.82 Å². The Morgan fingerprint density at radius 1 is 0.708 bits per heavy atom. The van der Waals surface area contributed by atoms with E-state index >= 15 is 0 Å². The molecule has 4 atom stereocenters. The molecule has 0 aliphatic heterocycles. The molecule has 0 saturated carbocycles. The first-order chi connectivity index (χ1) is 23.3. The molecule has 0 aromatic rings. The minimum Gasteiger partial charge on any atom is -0.393 e. The number of hydrogen-bond donors (Lipinski definition) is 5. The maximum atomic E-state index is 12.7. The zero-order chi connectivity index (χ0) is 35.6. The van der Waals surface area contributed by atoms with Gasteiger partial charge < -0.3 is 26.2 Å². The number of amides is 1. The van der Waals surface area contributed by atoms with E-state index in [4.69, 9.17) is 14.8 Å². The Morgan fingerprint density at radius 3 is 1.79 bits per heavy atom. The molecule has 6 N–H and O–H groups in total. The van der Waals surface area contributed by atoms with E-state index in [1.54, 1.807) is 6.08 Å². The second-order valence-corrected chi connectivity index (χ2v) is 14.0. The first-order valence-corrected chi connectivity index (χ1v) is 20.3. The van der Waals surface area contributed by atoms with Gasteiger partial charge in [0, 0.05) is 6.54 Å². The molecule has 0 rings (SSSR count). The van der Waals surface area contributed by atoms with Gasteiger partial charge in [-0.3, -0.25) is 13.8 Å². The number of phosphoric acid groups is 1. The van der Waals surface area contributed by atoms with E-state index in [1.807, 2.05) is 6.08 Å². The van der Waals surface area contributed by atoms with Gasteiger partial charge >= 0.3 is 7.82 Å². The fraction of sp³-hybridized carbons (Fsp3) is 0.763. The highest BCUT2D eigenvalue weighted by Crippen LogP contribution is 2.43. The number of phosphoric ester groups is 1. The van der Waals surface area contributed by atoms with Crippen molar-refractivity contribution in [2.24, 2.45) is 5.73 Å². The average Bonchev–Trinajstić information content (AvgIpc) is 3.06. The molecule has 0 radical (unpaired) electrons. The monoisotopic (exact) mass is 698 g/mol. The average molecular weight is 699 g/mol. The Morgan fingerprint density at radius 2 is 1.21 bits per heavy atom. The van der Waals surface area contributed by atoms with E-state index in [0.717, 1.165) is 57.8 Å². The second-order valence-electron chi connectivity index (χ2n) is 12.6. The molecule has 4 unspecified atom stereocenters. The van der Waals surface area contributed by atoms with E-state index in [1.165, 1.54) is 57.8 Å². The number of aliphatic hydroxyl groups excluding tert-OH is 2. The van der Waals surface area contributed by atoms with Gasteiger partial charge in [-0.15, -0.1) is 0 Å². The number of carbonyl (C=O) groups is 1. The fourth-order valence-corrected chi connectivity index (χ4v) is 5.77. The van der Waals surface area contributed by atoms with E-state index in [2.05, 4.69) is 55.6 Å². The Hall–Kier alpha value is -1.58. The summed E-state index contributed by atoms with van der Waals surface area (Å²) in [4.78, 5) is 22.6. The summed E-state index contributed by atoms with van der Waals surface area (Å²) in [7, 11) is -4.41. The van der Waals surface area contributed by atoms with E-state index in [0.29, 0.717) is 12.8 Å². The normalized spacial score (nSPS) is 15.5. The van der Waals surface area contributed by atoms with Crippen molar-refractivity contribution >= 4 is 13.7 Å². The zero-order valence-electron chi connectivity index (χ0n) is 30.3. The summed E-state index contributed by atoms with van der Waals surface area (Å²) in [5, 5.41) is 23.9. The predicted molar refractivity (Wildman–Crippen MR) is 200 cm³/mol. The second kappa shape index (κ2) is 33.9. The van der Waals surface area contributed by atoms with Crippen LogP contribution in [0.25, 0.3) is 0 Å². The lowest BCUT2D eigenvalue weighted by Crippen LogP contribution is -2.46. The van der Waals surface area contributed by atoms with E-state index < -0.39 is 38.6 Å². The van der Waals surface area contributed by atoms with Crippen LogP contribution in [-0.4, -0.2) is 59.0 Å². The third-order valence-electron chi connectivity index (χ3n) is 7.91. The summed E-state index contributed by atoms with van der Waals surface area (Å²) in [6, 6.07) is -1.01.